The maximum Gasteiger partial charge on any atom is 0.265 e. The average Bonchev–Trinajstić information content (AvgIpc) is 3.88. The summed E-state index contributed by atoms with van der Waals surface area (Å²) in [5.41, 5.74) is 10.4. The Hall–Kier alpha value is -4.80. The van der Waals surface area contributed by atoms with Crippen LogP contribution in [0.15, 0.2) is 77.7 Å². The first-order chi connectivity index (χ1) is 21.5. The Balaban J connectivity index is 1.19. The van der Waals surface area contributed by atoms with Crippen LogP contribution in [0.5, 0.6) is 0 Å². The van der Waals surface area contributed by atoms with Crippen molar-refractivity contribution in [2.24, 2.45) is 0 Å². The zero-order chi connectivity index (χ0) is 30.2. The molecule has 3 heterocycles. The molecule has 7 rings (SSSR count). The van der Waals surface area contributed by atoms with Gasteiger partial charge in [0.05, 0.1) is 23.4 Å². The number of hydrogen-bond donors (Lipinski definition) is 4. The lowest BCUT2D eigenvalue weighted by molar-refractivity contribution is 0.0904. The summed E-state index contributed by atoms with van der Waals surface area (Å²) < 4.78 is 22.0. The molecule has 2 fully saturated rings. The number of pyridine rings is 1. The Morgan fingerprint density at radius 3 is 2.50 bits per heavy atom. The fraction of sp³-hybridized carbons (Fsp3) is 0.265. The molecular formula is C34H33FN6O3. The van der Waals surface area contributed by atoms with E-state index in [4.69, 9.17) is 10.5 Å². The number of nitrogens with two attached hydrogens (primary N) is 1. The summed E-state index contributed by atoms with van der Waals surface area (Å²) in [6.45, 7) is 1.16. The van der Waals surface area contributed by atoms with Crippen molar-refractivity contribution in [1.82, 2.24) is 14.5 Å². The first-order valence-corrected chi connectivity index (χ1v) is 14.9. The molecule has 1 saturated heterocycles. The normalized spacial score (nSPS) is 15.4. The molecule has 0 amide bonds. The lowest BCUT2D eigenvalue weighted by atomic mass is 10.0. The van der Waals surface area contributed by atoms with E-state index < -0.39 is 11.4 Å². The third-order valence-electron chi connectivity index (χ3n) is 8.35. The molecule has 0 bridgehead atoms. The lowest BCUT2D eigenvalue weighted by Gasteiger charge is -2.24. The Bertz CT molecular complexity index is 1900. The number of halogens is 1. The predicted octanol–water partition coefficient (Wildman–Crippen LogP) is 5.87. The summed E-state index contributed by atoms with van der Waals surface area (Å²) in [7, 11) is 0. The molecule has 224 valence electrons. The number of rotatable bonds is 8. The van der Waals surface area contributed by atoms with Crippen molar-refractivity contribution in [2.75, 3.05) is 29.6 Å². The van der Waals surface area contributed by atoms with Crippen LogP contribution in [-0.2, 0) is 11.3 Å². The van der Waals surface area contributed by atoms with Gasteiger partial charge < -0.3 is 26.2 Å². The van der Waals surface area contributed by atoms with Crippen LogP contribution < -0.4 is 21.9 Å². The van der Waals surface area contributed by atoms with Gasteiger partial charge in [0, 0.05) is 54.0 Å². The SMILES string of the molecule is Nc1cc(-c2cccc(-n3ccc4cc(C5CC5)cc(F)c4c3=O)c2CO)nc(Nc2ccc(NC3CCOCC3)cc2)n1. The van der Waals surface area contributed by atoms with Crippen molar-refractivity contribution in [3.8, 4) is 16.9 Å². The van der Waals surface area contributed by atoms with Crippen LogP contribution in [-0.4, -0.2) is 38.9 Å². The molecule has 1 saturated carbocycles. The first-order valence-electron chi connectivity index (χ1n) is 14.9. The summed E-state index contributed by atoms with van der Waals surface area (Å²) in [4.78, 5) is 22.6. The van der Waals surface area contributed by atoms with Gasteiger partial charge in [0.25, 0.3) is 5.56 Å². The number of anilines is 4. The largest absolute Gasteiger partial charge is 0.392 e. The van der Waals surface area contributed by atoms with Crippen LogP contribution in [0, 0.1) is 5.82 Å². The number of aliphatic hydroxyl groups excluding tert-OH is 1. The number of aromatic nitrogens is 3. The number of aliphatic hydroxyl groups is 1. The molecule has 2 aromatic heterocycles. The van der Waals surface area contributed by atoms with E-state index in [1.54, 1.807) is 36.5 Å². The Kier molecular flexibility index (Phi) is 7.45. The summed E-state index contributed by atoms with van der Waals surface area (Å²) in [6, 6.07) is 20.3. The van der Waals surface area contributed by atoms with E-state index in [2.05, 4.69) is 20.6 Å². The van der Waals surface area contributed by atoms with Gasteiger partial charge in [-0.15, -0.1) is 0 Å². The maximum atomic E-state index is 15.2. The van der Waals surface area contributed by atoms with Crippen molar-refractivity contribution in [2.45, 2.75) is 44.2 Å². The minimum atomic E-state index is -0.530. The highest BCUT2D eigenvalue weighted by atomic mass is 19.1. The Morgan fingerprint density at radius 2 is 1.75 bits per heavy atom. The van der Waals surface area contributed by atoms with Crippen molar-refractivity contribution < 1.29 is 14.2 Å². The predicted molar refractivity (Wildman–Crippen MR) is 170 cm³/mol. The second-order valence-electron chi connectivity index (χ2n) is 11.4. The minimum absolute atomic E-state index is 0.0259. The van der Waals surface area contributed by atoms with E-state index in [0.717, 1.165) is 55.8 Å². The third-order valence-corrected chi connectivity index (χ3v) is 8.35. The number of hydrogen-bond acceptors (Lipinski definition) is 8. The van der Waals surface area contributed by atoms with Crippen LogP contribution in [0.25, 0.3) is 27.7 Å². The summed E-state index contributed by atoms with van der Waals surface area (Å²) >= 11 is 0. The van der Waals surface area contributed by atoms with E-state index in [-0.39, 0.29) is 23.8 Å². The molecule has 0 spiro atoms. The molecule has 5 N–H and O–H groups in total. The summed E-state index contributed by atoms with van der Waals surface area (Å²) in [6.07, 6.45) is 5.66. The van der Waals surface area contributed by atoms with Crippen molar-refractivity contribution >= 4 is 33.9 Å². The van der Waals surface area contributed by atoms with E-state index >= 15 is 4.39 Å². The van der Waals surface area contributed by atoms with Crippen molar-refractivity contribution in [3.63, 3.8) is 0 Å². The highest BCUT2D eigenvalue weighted by Gasteiger charge is 2.25. The van der Waals surface area contributed by atoms with Crippen molar-refractivity contribution in [1.29, 1.82) is 0 Å². The summed E-state index contributed by atoms with van der Waals surface area (Å²) in [5, 5.41) is 17.9. The van der Waals surface area contributed by atoms with Crippen molar-refractivity contribution in [3.05, 3.63) is 100 Å². The van der Waals surface area contributed by atoms with E-state index in [0.29, 0.717) is 39.9 Å². The zero-order valence-electron chi connectivity index (χ0n) is 24.1. The standard InChI is InChI=1S/C34H33FN6O3/c35-28-17-22(20-4-5-20)16-21-10-13-41(33(43)32(21)28)30-3-1-2-26(27(30)19-42)29-18-31(36)40-34(39-29)38-24-8-6-23(7-9-24)37-25-11-14-44-15-12-25/h1-3,6-10,13,16-18,20,25,37,42H,4-5,11-12,14-15,19H2,(H3,36,38,39,40). The smallest absolute Gasteiger partial charge is 0.265 e. The number of benzene rings is 3. The molecule has 2 aliphatic rings. The fourth-order valence-electron chi connectivity index (χ4n) is 5.91. The number of ether oxygens (including phenoxy) is 1. The lowest BCUT2D eigenvalue weighted by Crippen LogP contribution is -2.27. The topological polar surface area (TPSA) is 127 Å². The Morgan fingerprint density at radius 1 is 0.977 bits per heavy atom. The van der Waals surface area contributed by atoms with Gasteiger partial charge in [0.1, 0.15) is 11.6 Å². The summed E-state index contributed by atoms with van der Waals surface area (Å²) in [5.74, 6) is 0.362. The van der Waals surface area contributed by atoms with Crippen LogP contribution in [0.3, 0.4) is 0 Å². The van der Waals surface area contributed by atoms with Gasteiger partial charge >= 0.3 is 0 Å². The third kappa shape index (κ3) is 5.61. The van der Waals surface area contributed by atoms with Gasteiger partial charge in [-0.3, -0.25) is 9.36 Å². The number of nitrogens with zero attached hydrogens (tertiary/aromatic N) is 3. The molecule has 3 aromatic carbocycles. The van der Waals surface area contributed by atoms with Crippen LogP contribution >= 0.6 is 0 Å². The van der Waals surface area contributed by atoms with Crippen LogP contribution in [0.1, 0.15) is 42.7 Å². The highest BCUT2D eigenvalue weighted by Crippen LogP contribution is 2.41. The fourth-order valence-corrected chi connectivity index (χ4v) is 5.91. The minimum Gasteiger partial charge on any atom is -0.392 e. The van der Waals surface area contributed by atoms with E-state index in [1.807, 2.05) is 30.3 Å². The highest BCUT2D eigenvalue weighted by molar-refractivity contribution is 5.84. The molecule has 0 unspecified atom stereocenters. The van der Waals surface area contributed by atoms with Gasteiger partial charge in [-0.25, -0.2) is 9.37 Å². The molecule has 0 radical (unpaired) electrons. The molecule has 0 atom stereocenters. The van der Waals surface area contributed by atoms with Crippen LogP contribution in [0.4, 0.5) is 27.5 Å². The zero-order valence-corrected chi connectivity index (χ0v) is 24.1. The molecule has 1 aliphatic heterocycles. The molecular weight excluding hydrogens is 559 g/mol. The van der Waals surface area contributed by atoms with Gasteiger partial charge in [0.2, 0.25) is 5.95 Å². The molecule has 10 heteroatoms. The second kappa shape index (κ2) is 11.7. The van der Waals surface area contributed by atoms with Gasteiger partial charge in [-0.1, -0.05) is 18.2 Å². The van der Waals surface area contributed by atoms with Gasteiger partial charge in [-0.05, 0) is 85.0 Å². The Labute approximate surface area is 253 Å². The first kappa shape index (κ1) is 28.0. The van der Waals surface area contributed by atoms with E-state index in [1.165, 1.54) is 10.6 Å². The molecule has 9 nitrogen and oxygen atoms in total. The van der Waals surface area contributed by atoms with E-state index in [9.17, 15) is 9.90 Å². The molecule has 44 heavy (non-hydrogen) atoms. The monoisotopic (exact) mass is 592 g/mol. The number of nitrogens with one attached hydrogen (secondary N) is 2. The average molecular weight is 593 g/mol. The number of nitrogen functional groups attached to an aromatic ring is 1. The van der Waals surface area contributed by atoms with Crippen LogP contribution in [0.2, 0.25) is 0 Å². The quantitative estimate of drug-likeness (QED) is 0.176. The molecule has 1 aliphatic carbocycles. The maximum absolute atomic E-state index is 15.2. The number of fused-ring (bicyclic) bond motifs is 1. The van der Waals surface area contributed by atoms with Gasteiger partial charge in [0.15, 0.2) is 0 Å². The second-order valence-corrected chi connectivity index (χ2v) is 11.4. The molecule has 5 aromatic rings. The van der Waals surface area contributed by atoms with Gasteiger partial charge in [-0.2, -0.15) is 4.98 Å².